The average Bonchev–Trinajstić information content (AvgIpc) is 2.52. The van der Waals surface area contributed by atoms with Crippen LogP contribution in [-0.4, -0.2) is 11.8 Å². The van der Waals surface area contributed by atoms with E-state index in [2.05, 4.69) is 31.4 Å². The van der Waals surface area contributed by atoms with Crippen LogP contribution in [0.3, 0.4) is 0 Å². The highest BCUT2D eigenvalue weighted by Crippen LogP contribution is 2.32. The molecular formula is C23H38N2O2. The fraction of sp³-hybridized carbons (Fsp3) is 0.652. The lowest BCUT2D eigenvalue weighted by molar-refractivity contribution is -0.123. The molecule has 0 aliphatic rings. The Morgan fingerprint density at radius 3 is 1.89 bits per heavy atom. The Morgan fingerprint density at radius 1 is 0.852 bits per heavy atom. The van der Waals surface area contributed by atoms with Gasteiger partial charge in [0.15, 0.2) is 0 Å². The van der Waals surface area contributed by atoms with Crippen molar-refractivity contribution < 1.29 is 9.59 Å². The second-order valence-electron chi connectivity index (χ2n) is 9.25. The van der Waals surface area contributed by atoms with Crippen LogP contribution in [0, 0.1) is 10.8 Å². The summed E-state index contributed by atoms with van der Waals surface area (Å²) in [6.07, 6.45) is 5.43. The minimum absolute atomic E-state index is 0.0229. The molecule has 27 heavy (non-hydrogen) atoms. The van der Waals surface area contributed by atoms with Crippen molar-refractivity contribution in [3.8, 4) is 0 Å². The van der Waals surface area contributed by atoms with E-state index in [0.717, 1.165) is 36.9 Å². The predicted molar refractivity (Wildman–Crippen MR) is 114 cm³/mol. The Hall–Kier alpha value is -1.84. The molecule has 0 radical (unpaired) electrons. The van der Waals surface area contributed by atoms with Crippen LogP contribution in [0.4, 0.5) is 5.69 Å². The molecule has 0 aromatic heterocycles. The molecule has 4 nitrogen and oxygen atoms in total. The molecule has 2 amide bonds. The highest BCUT2D eigenvalue weighted by molar-refractivity contribution is 5.91. The lowest BCUT2D eigenvalue weighted by Gasteiger charge is -2.28. The van der Waals surface area contributed by atoms with Crippen LogP contribution in [0.2, 0.25) is 0 Å². The summed E-state index contributed by atoms with van der Waals surface area (Å²) in [5.74, 6) is 0.136. The summed E-state index contributed by atoms with van der Waals surface area (Å²) in [7, 11) is 0. The number of anilines is 1. The molecule has 1 aromatic rings. The zero-order valence-corrected chi connectivity index (χ0v) is 18.1. The first-order chi connectivity index (χ1) is 12.6. The van der Waals surface area contributed by atoms with E-state index in [1.54, 1.807) is 0 Å². The van der Waals surface area contributed by atoms with Crippen LogP contribution in [-0.2, 0) is 16.1 Å². The normalized spacial score (nSPS) is 11.9. The van der Waals surface area contributed by atoms with Crippen molar-refractivity contribution in [2.24, 2.45) is 10.8 Å². The predicted octanol–water partition coefficient (Wildman–Crippen LogP) is 5.67. The fourth-order valence-corrected chi connectivity index (χ4v) is 3.55. The van der Waals surface area contributed by atoms with Crippen LogP contribution < -0.4 is 10.6 Å². The maximum absolute atomic E-state index is 12.4. The molecule has 1 aromatic carbocycles. The van der Waals surface area contributed by atoms with E-state index in [1.807, 2.05) is 45.0 Å². The molecule has 0 spiro atoms. The molecular weight excluding hydrogens is 336 g/mol. The van der Waals surface area contributed by atoms with Crippen molar-refractivity contribution in [3.63, 3.8) is 0 Å². The summed E-state index contributed by atoms with van der Waals surface area (Å²) in [6.45, 7) is 13.2. The van der Waals surface area contributed by atoms with Gasteiger partial charge >= 0.3 is 0 Å². The standard InChI is InChI=1S/C23H38N2O2/c1-7-13-23(6,14-8-2)16-20(26)24-17-18-9-11-19(12-10-18)25-21(27)15-22(3,4)5/h9-12H,7-8,13-17H2,1-6H3,(H,24,26)(H,25,27). The third kappa shape index (κ3) is 9.60. The zero-order valence-electron chi connectivity index (χ0n) is 18.1. The molecule has 0 saturated heterocycles. The van der Waals surface area contributed by atoms with Gasteiger partial charge in [-0.3, -0.25) is 9.59 Å². The molecule has 2 N–H and O–H groups in total. The number of nitrogens with one attached hydrogen (secondary N) is 2. The molecule has 0 unspecified atom stereocenters. The van der Waals surface area contributed by atoms with E-state index < -0.39 is 0 Å². The molecule has 0 bridgehead atoms. The van der Waals surface area contributed by atoms with Gasteiger partial charge in [0, 0.05) is 25.1 Å². The average molecular weight is 375 g/mol. The lowest BCUT2D eigenvalue weighted by atomic mass is 9.78. The summed E-state index contributed by atoms with van der Waals surface area (Å²) in [5, 5.41) is 5.96. The van der Waals surface area contributed by atoms with Crippen molar-refractivity contribution in [1.29, 1.82) is 0 Å². The van der Waals surface area contributed by atoms with Gasteiger partial charge in [0.2, 0.25) is 11.8 Å². The van der Waals surface area contributed by atoms with Gasteiger partial charge in [-0.15, -0.1) is 0 Å². The third-order valence-electron chi connectivity index (χ3n) is 4.71. The topological polar surface area (TPSA) is 58.2 Å². The Balaban J connectivity index is 2.51. The van der Waals surface area contributed by atoms with Crippen LogP contribution in [0.5, 0.6) is 0 Å². The van der Waals surface area contributed by atoms with Gasteiger partial charge in [0.05, 0.1) is 0 Å². The van der Waals surface area contributed by atoms with Crippen LogP contribution in [0.25, 0.3) is 0 Å². The number of carbonyl (C=O) groups is 2. The molecule has 0 aliphatic carbocycles. The molecule has 1 rings (SSSR count). The Morgan fingerprint density at radius 2 is 1.41 bits per heavy atom. The summed E-state index contributed by atoms with van der Waals surface area (Å²) in [6, 6.07) is 7.68. The summed E-state index contributed by atoms with van der Waals surface area (Å²) < 4.78 is 0. The summed E-state index contributed by atoms with van der Waals surface area (Å²) in [5.41, 5.74) is 1.88. The van der Waals surface area contributed by atoms with Gasteiger partial charge in [0.1, 0.15) is 0 Å². The van der Waals surface area contributed by atoms with E-state index >= 15 is 0 Å². The van der Waals surface area contributed by atoms with E-state index in [-0.39, 0.29) is 22.6 Å². The minimum atomic E-state index is -0.0294. The quantitative estimate of drug-likeness (QED) is 0.554. The smallest absolute Gasteiger partial charge is 0.224 e. The van der Waals surface area contributed by atoms with Gasteiger partial charge in [0.25, 0.3) is 0 Å². The molecule has 0 saturated carbocycles. The monoisotopic (exact) mass is 374 g/mol. The summed E-state index contributed by atoms with van der Waals surface area (Å²) in [4.78, 5) is 24.4. The first-order valence-corrected chi connectivity index (χ1v) is 10.2. The van der Waals surface area contributed by atoms with Crippen LogP contribution in [0.1, 0.15) is 85.6 Å². The number of hydrogen-bond donors (Lipinski definition) is 2. The van der Waals surface area contributed by atoms with Crippen molar-refractivity contribution in [2.45, 2.75) is 86.6 Å². The molecule has 152 valence electrons. The summed E-state index contributed by atoms with van der Waals surface area (Å²) >= 11 is 0. The van der Waals surface area contributed by atoms with Gasteiger partial charge in [-0.2, -0.15) is 0 Å². The Bertz CT molecular complexity index is 594. The maximum Gasteiger partial charge on any atom is 0.224 e. The number of amides is 2. The highest BCUT2D eigenvalue weighted by Gasteiger charge is 2.25. The van der Waals surface area contributed by atoms with Crippen LogP contribution >= 0.6 is 0 Å². The molecule has 4 heteroatoms. The lowest BCUT2D eigenvalue weighted by Crippen LogP contribution is -2.30. The number of hydrogen-bond acceptors (Lipinski definition) is 2. The van der Waals surface area contributed by atoms with Crippen LogP contribution in [0.15, 0.2) is 24.3 Å². The molecule has 0 heterocycles. The van der Waals surface area contributed by atoms with Gasteiger partial charge in [-0.1, -0.05) is 66.5 Å². The fourth-order valence-electron chi connectivity index (χ4n) is 3.55. The number of carbonyl (C=O) groups excluding carboxylic acids is 2. The molecule has 0 atom stereocenters. The van der Waals surface area contributed by atoms with Gasteiger partial charge in [-0.25, -0.2) is 0 Å². The largest absolute Gasteiger partial charge is 0.352 e. The van der Waals surface area contributed by atoms with E-state index in [9.17, 15) is 9.59 Å². The second-order valence-corrected chi connectivity index (χ2v) is 9.25. The van der Waals surface area contributed by atoms with Crippen molar-refractivity contribution in [2.75, 3.05) is 5.32 Å². The van der Waals surface area contributed by atoms with Gasteiger partial charge in [-0.05, 0) is 41.4 Å². The highest BCUT2D eigenvalue weighted by atomic mass is 16.2. The first-order valence-electron chi connectivity index (χ1n) is 10.2. The van der Waals surface area contributed by atoms with Crippen molar-refractivity contribution in [1.82, 2.24) is 5.32 Å². The Labute approximate surface area is 165 Å². The van der Waals surface area contributed by atoms with Gasteiger partial charge < -0.3 is 10.6 Å². The SMILES string of the molecule is CCCC(C)(CCC)CC(=O)NCc1ccc(NC(=O)CC(C)(C)C)cc1. The number of rotatable bonds is 10. The minimum Gasteiger partial charge on any atom is -0.352 e. The first kappa shape index (κ1) is 23.2. The van der Waals surface area contributed by atoms with E-state index in [0.29, 0.717) is 19.4 Å². The van der Waals surface area contributed by atoms with Crippen molar-refractivity contribution in [3.05, 3.63) is 29.8 Å². The Kier molecular flexibility index (Phi) is 9.01. The molecule has 0 fully saturated rings. The zero-order chi connectivity index (χ0) is 20.5. The van der Waals surface area contributed by atoms with E-state index in [4.69, 9.17) is 0 Å². The molecule has 0 aliphatic heterocycles. The maximum atomic E-state index is 12.4. The van der Waals surface area contributed by atoms with Crippen molar-refractivity contribution >= 4 is 17.5 Å². The second kappa shape index (κ2) is 10.5. The van der Waals surface area contributed by atoms with E-state index in [1.165, 1.54) is 0 Å². The third-order valence-corrected chi connectivity index (χ3v) is 4.71. The number of benzene rings is 1.